The molecule has 0 radical (unpaired) electrons. The highest BCUT2D eigenvalue weighted by Gasteiger charge is 2.50. The molecule has 1 aliphatic rings. The van der Waals surface area contributed by atoms with E-state index in [2.05, 4.69) is 10.6 Å². The van der Waals surface area contributed by atoms with Crippen LogP contribution >= 0.6 is 0 Å². The van der Waals surface area contributed by atoms with Gasteiger partial charge in [-0.3, -0.25) is 4.79 Å². The molecule has 1 saturated carbocycles. The molecule has 1 atom stereocenters. The van der Waals surface area contributed by atoms with E-state index in [-0.39, 0.29) is 22.1 Å². The first-order valence-corrected chi connectivity index (χ1v) is 7.85. The summed E-state index contributed by atoms with van der Waals surface area (Å²) in [5.74, 6) is -0.136. The van der Waals surface area contributed by atoms with Crippen molar-refractivity contribution in [3.63, 3.8) is 0 Å². The van der Waals surface area contributed by atoms with Gasteiger partial charge in [0.25, 0.3) is 0 Å². The van der Waals surface area contributed by atoms with Crippen molar-refractivity contribution in [1.29, 1.82) is 0 Å². The molecular formula is C13H19N3O3S. The summed E-state index contributed by atoms with van der Waals surface area (Å²) in [6.07, 6.45) is 0.836. The molecule has 1 aromatic rings. The summed E-state index contributed by atoms with van der Waals surface area (Å²) in [5.41, 5.74) is 1.08. The quantitative estimate of drug-likeness (QED) is 0.781. The van der Waals surface area contributed by atoms with Gasteiger partial charge in [0.2, 0.25) is 15.9 Å². The Morgan fingerprint density at radius 3 is 2.40 bits per heavy atom. The van der Waals surface area contributed by atoms with Crippen molar-refractivity contribution in [2.45, 2.75) is 25.2 Å². The molecule has 1 fully saturated rings. The fourth-order valence-corrected chi connectivity index (χ4v) is 2.70. The predicted molar refractivity (Wildman–Crippen MR) is 77.9 cm³/mol. The number of benzene rings is 1. The van der Waals surface area contributed by atoms with E-state index < -0.39 is 10.0 Å². The highest BCUT2D eigenvalue weighted by Crippen LogP contribution is 2.52. The molecule has 0 unspecified atom stereocenters. The molecule has 0 heterocycles. The maximum absolute atomic E-state index is 12.1. The SMILES string of the molecule is CNc1ccc(S(N)(=O)=O)cc1NC(=O)[C@H]1CC1(C)C. The zero-order chi connectivity index (χ0) is 15.1. The van der Waals surface area contributed by atoms with Crippen molar-refractivity contribution < 1.29 is 13.2 Å². The predicted octanol–water partition coefficient (Wildman–Crippen LogP) is 1.36. The Hall–Kier alpha value is -1.60. The Balaban J connectivity index is 2.28. The summed E-state index contributed by atoms with van der Waals surface area (Å²) < 4.78 is 22.7. The van der Waals surface area contributed by atoms with Crippen LogP contribution in [0.3, 0.4) is 0 Å². The molecule has 2 rings (SSSR count). The first kappa shape index (κ1) is 14.8. The van der Waals surface area contributed by atoms with Crippen molar-refractivity contribution >= 4 is 27.3 Å². The van der Waals surface area contributed by atoms with E-state index in [1.54, 1.807) is 13.1 Å². The van der Waals surface area contributed by atoms with E-state index in [1.165, 1.54) is 12.1 Å². The second kappa shape index (κ2) is 4.75. The van der Waals surface area contributed by atoms with Crippen molar-refractivity contribution in [2.75, 3.05) is 17.7 Å². The number of hydrogen-bond donors (Lipinski definition) is 3. The molecule has 110 valence electrons. The third-order valence-electron chi connectivity index (χ3n) is 3.68. The van der Waals surface area contributed by atoms with Crippen LogP contribution in [0.1, 0.15) is 20.3 Å². The Bertz CT molecular complexity index is 653. The maximum atomic E-state index is 12.1. The largest absolute Gasteiger partial charge is 0.386 e. The van der Waals surface area contributed by atoms with Gasteiger partial charge < -0.3 is 10.6 Å². The summed E-state index contributed by atoms with van der Waals surface area (Å²) >= 11 is 0. The molecule has 20 heavy (non-hydrogen) atoms. The van der Waals surface area contributed by atoms with Gasteiger partial charge in [-0.15, -0.1) is 0 Å². The number of carbonyl (C=O) groups is 1. The lowest BCUT2D eigenvalue weighted by Crippen LogP contribution is -2.18. The fraction of sp³-hybridized carbons (Fsp3) is 0.462. The molecule has 0 saturated heterocycles. The first-order chi connectivity index (χ1) is 9.15. The van der Waals surface area contributed by atoms with Crippen LogP contribution in [0, 0.1) is 11.3 Å². The van der Waals surface area contributed by atoms with Crippen LogP contribution in [0.15, 0.2) is 23.1 Å². The van der Waals surface area contributed by atoms with Gasteiger partial charge in [0.1, 0.15) is 0 Å². The molecule has 1 aromatic carbocycles. The van der Waals surface area contributed by atoms with Gasteiger partial charge in [0, 0.05) is 13.0 Å². The number of rotatable bonds is 4. The highest BCUT2D eigenvalue weighted by atomic mass is 32.2. The van der Waals surface area contributed by atoms with E-state index in [9.17, 15) is 13.2 Å². The first-order valence-electron chi connectivity index (χ1n) is 6.30. The summed E-state index contributed by atoms with van der Waals surface area (Å²) in [4.78, 5) is 12.1. The average Bonchev–Trinajstić information content (AvgIpc) is 2.97. The van der Waals surface area contributed by atoms with Gasteiger partial charge in [0.15, 0.2) is 0 Å². The van der Waals surface area contributed by atoms with Crippen LogP contribution in [-0.4, -0.2) is 21.4 Å². The van der Waals surface area contributed by atoms with E-state index in [4.69, 9.17) is 5.14 Å². The van der Waals surface area contributed by atoms with Crippen LogP contribution in [-0.2, 0) is 14.8 Å². The lowest BCUT2D eigenvalue weighted by Gasteiger charge is -2.13. The molecule has 0 aliphatic heterocycles. The average molecular weight is 297 g/mol. The molecule has 1 amide bonds. The number of carbonyl (C=O) groups excluding carboxylic acids is 1. The zero-order valence-corrected chi connectivity index (χ0v) is 12.5. The normalized spacial score (nSPS) is 20.3. The lowest BCUT2D eigenvalue weighted by atomic mass is 10.1. The highest BCUT2D eigenvalue weighted by molar-refractivity contribution is 7.89. The summed E-state index contributed by atoms with van der Waals surface area (Å²) in [6, 6.07) is 4.35. The van der Waals surface area contributed by atoms with Crippen LogP contribution in [0.5, 0.6) is 0 Å². The van der Waals surface area contributed by atoms with Crippen LogP contribution < -0.4 is 15.8 Å². The number of amides is 1. The molecule has 6 nitrogen and oxygen atoms in total. The summed E-state index contributed by atoms with van der Waals surface area (Å²) in [5, 5.41) is 10.8. The number of nitrogens with two attached hydrogens (primary N) is 1. The number of hydrogen-bond acceptors (Lipinski definition) is 4. The van der Waals surface area contributed by atoms with Crippen LogP contribution in [0.4, 0.5) is 11.4 Å². The number of sulfonamides is 1. The summed E-state index contributed by atoms with van der Waals surface area (Å²) in [6.45, 7) is 4.05. The Morgan fingerprint density at radius 1 is 1.35 bits per heavy atom. The Labute approximate surface area is 118 Å². The molecule has 0 bridgehead atoms. The van der Waals surface area contributed by atoms with Crippen molar-refractivity contribution in [1.82, 2.24) is 0 Å². The smallest absolute Gasteiger partial charge is 0.238 e. The molecule has 7 heteroatoms. The Morgan fingerprint density at radius 2 is 1.95 bits per heavy atom. The van der Waals surface area contributed by atoms with E-state index in [1.807, 2.05) is 13.8 Å². The van der Waals surface area contributed by atoms with E-state index in [0.29, 0.717) is 11.4 Å². The van der Waals surface area contributed by atoms with Crippen LogP contribution in [0.25, 0.3) is 0 Å². The van der Waals surface area contributed by atoms with Gasteiger partial charge in [-0.25, -0.2) is 13.6 Å². The third-order valence-corrected chi connectivity index (χ3v) is 4.59. The minimum Gasteiger partial charge on any atom is -0.386 e. The fourth-order valence-electron chi connectivity index (χ4n) is 2.16. The zero-order valence-electron chi connectivity index (χ0n) is 11.7. The van der Waals surface area contributed by atoms with Gasteiger partial charge >= 0.3 is 0 Å². The Kier molecular flexibility index (Phi) is 3.51. The third kappa shape index (κ3) is 2.94. The molecule has 1 aliphatic carbocycles. The number of nitrogens with one attached hydrogen (secondary N) is 2. The lowest BCUT2D eigenvalue weighted by molar-refractivity contribution is -0.118. The molecule has 0 aromatic heterocycles. The van der Waals surface area contributed by atoms with Gasteiger partial charge in [0.05, 0.1) is 16.3 Å². The van der Waals surface area contributed by atoms with Gasteiger partial charge in [-0.05, 0) is 30.0 Å². The van der Waals surface area contributed by atoms with Crippen molar-refractivity contribution in [3.8, 4) is 0 Å². The van der Waals surface area contributed by atoms with Crippen molar-refractivity contribution in [2.24, 2.45) is 16.5 Å². The molecule has 4 N–H and O–H groups in total. The minimum atomic E-state index is -3.79. The molecular weight excluding hydrogens is 278 g/mol. The monoisotopic (exact) mass is 297 g/mol. The second-order valence-electron chi connectivity index (χ2n) is 5.74. The van der Waals surface area contributed by atoms with Crippen LogP contribution in [0.2, 0.25) is 0 Å². The number of primary sulfonamides is 1. The van der Waals surface area contributed by atoms with E-state index >= 15 is 0 Å². The maximum Gasteiger partial charge on any atom is 0.238 e. The second-order valence-corrected chi connectivity index (χ2v) is 7.30. The topological polar surface area (TPSA) is 101 Å². The minimum absolute atomic E-state index is 0.0153. The molecule has 0 spiro atoms. The van der Waals surface area contributed by atoms with Crippen molar-refractivity contribution in [3.05, 3.63) is 18.2 Å². The van der Waals surface area contributed by atoms with Gasteiger partial charge in [-0.2, -0.15) is 0 Å². The number of anilines is 2. The standard InChI is InChI=1S/C13H19N3O3S/c1-13(2)7-9(13)12(17)16-11-6-8(20(14,18)19)4-5-10(11)15-3/h4-6,9,15H,7H2,1-3H3,(H,16,17)(H2,14,18,19)/t9-/m1/s1. The van der Waals surface area contributed by atoms with E-state index in [0.717, 1.165) is 6.42 Å². The summed E-state index contributed by atoms with van der Waals surface area (Å²) in [7, 11) is -2.10. The van der Waals surface area contributed by atoms with Gasteiger partial charge in [-0.1, -0.05) is 13.8 Å².